The van der Waals surface area contributed by atoms with Crippen molar-refractivity contribution in [2.75, 3.05) is 0 Å². The SMILES string of the molecule is FC(F)Oc1ccc(/C=N/N=C/c2ccc(OC(F)F)cc2OC(F)F)c(OC(F)F)c1. The number of rotatable bonds is 11. The summed E-state index contributed by atoms with van der Waals surface area (Å²) < 4.78 is 116. The van der Waals surface area contributed by atoms with Crippen molar-refractivity contribution < 1.29 is 54.1 Å². The fourth-order valence-electron chi connectivity index (χ4n) is 2.18. The van der Waals surface area contributed by atoms with E-state index in [-0.39, 0.29) is 11.1 Å². The van der Waals surface area contributed by atoms with Crippen LogP contribution >= 0.6 is 0 Å². The van der Waals surface area contributed by atoms with Gasteiger partial charge in [-0.2, -0.15) is 45.3 Å². The molecule has 2 aromatic rings. The summed E-state index contributed by atoms with van der Waals surface area (Å²) in [5.74, 6) is -1.99. The predicted molar refractivity (Wildman–Crippen MR) is 94.6 cm³/mol. The van der Waals surface area contributed by atoms with Crippen LogP contribution < -0.4 is 18.9 Å². The summed E-state index contributed by atoms with van der Waals surface area (Å²) in [7, 11) is 0. The van der Waals surface area contributed by atoms with Gasteiger partial charge in [-0.25, -0.2) is 0 Å². The second-order valence-corrected chi connectivity index (χ2v) is 5.40. The smallest absolute Gasteiger partial charge is 0.387 e. The van der Waals surface area contributed by atoms with Crippen molar-refractivity contribution in [3.8, 4) is 23.0 Å². The summed E-state index contributed by atoms with van der Waals surface area (Å²) in [5, 5.41) is 7.05. The second-order valence-electron chi connectivity index (χ2n) is 5.40. The Morgan fingerprint density at radius 1 is 0.531 bits per heavy atom. The largest absolute Gasteiger partial charge is 0.435 e. The van der Waals surface area contributed by atoms with Crippen molar-refractivity contribution in [3.05, 3.63) is 47.5 Å². The molecule has 174 valence electrons. The first kappa shape index (κ1) is 24.7. The molecule has 0 atom stereocenters. The highest BCUT2D eigenvalue weighted by Crippen LogP contribution is 2.28. The highest BCUT2D eigenvalue weighted by Gasteiger charge is 2.14. The van der Waals surface area contributed by atoms with Gasteiger partial charge in [0.1, 0.15) is 23.0 Å². The molecule has 0 fully saturated rings. The van der Waals surface area contributed by atoms with Crippen LogP contribution in [0.4, 0.5) is 35.1 Å². The predicted octanol–water partition coefficient (Wildman–Crippen LogP) is 5.55. The quantitative estimate of drug-likeness (QED) is 0.245. The maximum absolute atomic E-state index is 12.5. The van der Waals surface area contributed by atoms with E-state index in [2.05, 4.69) is 29.2 Å². The number of hydrogen-bond acceptors (Lipinski definition) is 6. The summed E-state index contributed by atoms with van der Waals surface area (Å²) in [4.78, 5) is 0. The molecule has 0 saturated carbocycles. The van der Waals surface area contributed by atoms with E-state index in [0.717, 1.165) is 48.8 Å². The van der Waals surface area contributed by atoms with Crippen LogP contribution in [0.3, 0.4) is 0 Å². The van der Waals surface area contributed by atoms with Crippen LogP contribution in [-0.4, -0.2) is 38.9 Å². The Bertz CT molecular complexity index is 866. The first-order valence-corrected chi connectivity index (χ1v) is 8.27. The summed E-state index contributed by atoms with van der Waals surface area (Å²) in [6.45, 7) is -13.0. The van der Waals surface area contributed by atoms with Crippen molar-refractivity contribution in [1.29, 1.82) is 0 Å². The van der Waals surface area contributed by atoms with Crippen molar-refractivity contribution in [3.63, 3.8) is 0 Å². The normalized spacial score (nSPS) is 12.0. The van der Waals surface area contributed by atoms with Crippen LogP contribution in [0.1, 0.15) is 11.1 Å². The molecule has 0 aromatic heterocycles. The Labute approximate surface area is 174 Å². The Morgan fingerprint density at radius 3 is 1.19 bits per heavy atom. The highest BCUT2D eigenvalue weighted by molar-refractivity contribution is 5.86. The molecule has 0 radical (unpaired) electrons. The number of hydrogen-bond donors (Lipinski definition) is 0. The van der Waals surface area contributed by atoms with Gasteiger partial charge >= 0.3 is 26.4 Å². The molecule has 0 unspecified atom stereocenters. The third-order valence-corrected chi connectivity index (χ3v) is 3.31. The van der Waals surface area contributed by atoms with Crippen LogP contribution in [0.2, 0.25) is 0 Å². The van der Waals surface area contributed by atoms with E-state index >= 15 is 0 Å². The molecule has 14 heteroatoms. The zero-order chi connectivity index (χ0) is 23.7. The van der Waals surface area contributed by atoms with E-state index in [4.69, 9.17) is 0 Å². The van der Waals surface area contributed by atoms with Crippen LogP contribution in [-0.2, 0) is 0 Å². The molecule has 32 heavy (non-hydrogen) atoms. The fourth-order valence-corrected chi connectivity index (χ4v) is 2.18. The van der Waals surface area contributed by atoms with Crippen LogP contribution in [0.15, 0.2) is 46.6 Å². The van der Waals surface area contributed by atoms with Gasteiger partial charge in [-0.05, 0) is 24.3 Å². The first-order chi connectivity index (χ1) is 15.1. The molecule has 2 aromatic carbocycles. The second kappa shape index (κ2) is 11.7. The van der Waals surface area contributed by atoms with E-state index < -0.39 is 49.4 Å². The van der Waals surface area contributed by atoms with Gasteiger partial charge in [-0.1, -0.05) is 0 Å². The third kappa shape index (κ3) is 8.28. The fraction of sp³-hybridized carbons (Fsp3) is 0.222. The van der Waals surface area contributed by atoms with Crippen molar-refractivity contribution >= 4 is 12.4 Å². The molecule has 0 aliphatic rings. The molecule has 2 rings (SSSR count). The summed E-state index contributed by atoms with van der Waals surface area (Å²) in [6.07, 6.45) is 1.81. The van der Waals surface area contributed by atoms with Crippen molar-refractivity contribution in [1.82, 2.24) is 0 Å². The number of halogens is 8. The Hall–Kier alpha value is -3.58. The zero-order valence-corrected chi connectivity index (χ0v) is 15.5. The Kier molecular flexibility index (Phi) is 9.04. The molecule has 0 aliphatic heterocycles. The number of alkyl halides is 8. The zero-order valence-electron chi connectivity index (χ0n) is 15.5. The molecule has 0 N–H and O–H groups in total. The van der Waals surface area contributed by atoms with E-state index in [1.807, 2.05) is 0 Å². The number of benzene rings is 2. The van der Waals surface area contributed by atoms with Gasteiger partial charge in [-0.3, -0.25) is 0 Å². The maximum Gasteiger partial charge on any atom is 0.387 e. The van der Waals surface area contributed by atoms with E-state index in [9.17, 15) is 35.1 Å². The molecule has 0 spiro atoms. The molecular formula is C18H12F8N2O4. The monoisotopic (exact) mass is 472 g/mol. The minimum atomic E-state index is -3.28. The molecule has 0 bridgehead atoms. The number of nitrogens with zero attached hydrogens (tertiary/aromatic N) is 2. The van der Waals surface area contributed by atoms with E-state index in [1.165, 1.54) is 0 Å². The summed E-state index contributed by atoms with van der Waals surface area (Å²) in [5.41, 5.74) is -0.206. The molecule has 0 saturated heterocycles. The van der Waals surface area contributed by atoms with Crippen LogP contribution in [0.25, 0.3) is 0 Å². The van der Waals surface area contributed by atoms with Gasteiger partial charge in [0.25, 0.3) is 0 Å². The van der Waals surface area contributed by atoms with Gasteiger partial charge < -0.3 is 18.9 Å². The lowest BCUT2D eigenvalue weighted by atomic mass is 10.2. The highest BCUT2D eigenvalue weighted by atomic mass is 19.3. The standard InChI is InChI=1S/C18H12F8N2O4/c19-15(20)29-11-3-1-9(13(5-11)31-17(23)24)7-27-28-8-10-2-4-12(30-16(21)22)6-14(10)32-18(25)26/h1-8,15-18H/b27-7+,28-8+. The Balaban J connectivity index is 2.23. The average Bonchev–Trinajstić information content (AvgIpc) is 2.66. The lowest BCUT2D eigenvalue weighted by molar-refractivity contribution is -0.0556. The first-order valence-electron chi connectivity index (χ1n) is 8.27. The Morgan fingerprint density at radius 2 is 0.875 bits per heavy atom. The van der Waals surface area contributed by atoms with Crippen LogP contribution in [0, 0.1) is 0 Å². The topological polar surface area (TPSA) is 61.6 Å². The summed E-state index contributed by atoms with van der Waals surface area (Å²) in [6, 6.07) is 5.78. The van der Waals surface area contributed by atoms with Gasteiger partial charge in [0.05, 0.1) is 12.4 Å². The third-order valence-electron chi connectivity index (χ3n) is 3.31. The minimum Gasteiger partial charge on any atom is -0.435 e. The molecule has 0 amide bonds. The molecule has 0 aliphatic carbocycles. The number of ether oxygens (including phenoxy) is 4. The van der Waals surface area contributed by atoms with Gasteiger partial charge in [0.15, 0.2) is 0 Å². The van der Waals surface area contributed by atoms with Gasteiger partial charge in [0, 0.05) is 23.3 Å². The van der Waals surface area contributed by atoms with Crippen molar-refractivity contribution in [2.24, 2.45) is 10.2 Å². The molecule has 0 heterocycles. The average molecular weight is 472 g/mol. The molecular weight excluding hydrogens is 460 g/mol. The lowest BCUT2D eigenvalue weighted by Gasteiger charge is -2.11. The van der Waals surface area contributed by atoms with Crippen LogP contribution in [0.5, 0.6) is 23.0 Å². The van der Waals surface area contributed by atoms with Crippen molar-refractivity contribution in [2.45, 2.75) is 26.4 Å². The van der Waals surface area contributed by atoms with Gasteiger partial charge in [0.2, 0.25) is 0 Å². The van der Waals surface area contributed by atoms with E-state index in [1.54, 1.807) is 0 Å². The summed E-state index contributed by atoms with van der Waals surface area (Å²) >= 11 is 0. The molecule has 6 nitrogen and oxygen atoms in total. The minimum absolute atomic E-state index is 0.103. The maximum atomic E-state index is 12.5. The van der Waals surface area contributed by atoms with E-state index in [0.29, 0.717) is 0 Å². The lowest BCUT2D eigenvalue weighted by Crippen LogP contribution is -2.06. The van der Waals surface area contributed by atoms with Gasteiger partial charge in [-0.15, -0.1) is 0 Å².